The molecule has 0 N–H and O–H groups in total. The summed E-state index contributed by atoms with van der Waals surface area (Å²) in [7, 11) is 0. The second-order valence-electron chi connectivity index (χ2n) is 3.26. The quantitative estimate of drug-likeness (QED) is 0.296. The summed E-state index contributed by atoms with van der Waals surface area (Å²) in [6.07, 6.45) is 0. The van der Waals surface area contributed by atoms with Gasteiger partial charge in [0.15, 0.2) is 4.88 Å². The summed E-state index contributed by atoms with van der Waals surface area (Å²) in [5.41, 5.74) is 1.24. The molecule has 0 aliphatic carbocycles. The number of hydrogen-bond acceptors (Lipinski definition) is 1. The fourth-order valence-corrected chi connectivity index (χ4v) is 3.05. The monoisotopic (exact) mass is 454 g/mol. The maximum absolute atomic E-state index is 5.85. The maximum Gasteiger partial charge on any atom is 0.347 e. The van der Waals surface area contributed by atoms with Crippen molar-refractivity contribution in [1.29, 1.82) is 0 Å². The van der Waals surface area contributed by atoms with Gasteiger partial charge in [0.1, 0.15) is 16.7 Å². The van der Waals surface area contributed by atoms with Crippen molar-refractivity contribution in [3.05, 3.63) is 39.4 Å². The first-order chi connectivity index (χ1) is 8.31. The maximum atomic E-state index is 5.85. The van der Waals surface area contributed by atoms with E-state index in [1.807, 2.05) is 18.2 Å². The van der Waals surface area contributed by atoms with Gasteiger partial charge >= 0.3 is 73.2 Å². The zero-order valence-electron chi connectivity index (χ0n) is 8.87. The molecular formula is C9H6Cl7PS2. The Balaban J connectivity index is 0.000000224. The third-order valence-corrected chi connectivity index (χ3v) is 3.97. The van der Waals surface area contributed by atoms with Crippen LogP contribution in [0, 0.1) is 0 Å². The molecule has 0 fully saturated rings. The fraction of sp³-hybridized carbons (Fsp3) is 0. The molecule has 0 spiro atoms. The average molecular weight is 457 g/mol. The zero-order valence-corrected chi connectivity index (χ0v) is 16.7. The van der Waals surface area contributed by atoms with Crippen LogP contribution in [-0.4, -0.2) is 0 Å². The van der Waals surface area contributed by atoms with Crippen molar-refractivity contribution >= 4 is 104 Å². The predicted octanol–water partition coefficient (Wildman–Crippen LogP) is 9.41. The Kier molecular flexibility index (Phi) is 6.01. The molecule has 1 aromatic carbocycles. The molecule has 0 aliphatic heterocycles. The summed E-state index contributed by atoms with van der Waals surface area (Å²) < 4.78 is -3.94. The Bertz CT molecular complexity index is 535. The van der Waals surface area contributed by atoms with E-state index in [4.69, 9.17) is 79.0 Å². The Morgan fingerprint density at radius 3 is 1.74 bits per heavy atom. The first kappa shape index (κ1) is 18.8. The van der Waals surface area contributed by atoms with E-state index in [9.17, 15) is 0 Å². The molecule has 0 saturated heterocycles. The molecule has 0 aliphatic rings. The van der Waals surface area contributed by atoms with Gasteiger partial charge in [-0.05, 0) is 11.6 Å². The summed E-state index contributed by atoms with van der Waals surface area (Å²) in [6.45, 7) is 0. The van der Waals surface area contributed by atoms with Gasteiger partial charge in [-0.1, -0.05) is 30.3 Å². The molecule has 0 radical (unpaired) electrons. The Morgan fingerprint density at radius 1 is 0.895 bits per heavy atom. The van der Waals surface area contributed by atoms with Crippen molar-refractivity contribution in [3.8, 4) is 10.4 Å². The van der Waals surface area contributed by atoms with Gasteiger partial charge in [-0.3, -0.25) is 0 Å². The number of benzene rings is 1. The average Bonchev–Trinajstić information content (AvgIpc) is 2.61. The molecule has 0 unspecified atom stereocenters. The smallest absolute Gasteiger partial charge is 0.0622 e. The first-order valence-electron chi connectivity index (χ1n) is 4.50. The molecule has 0 atom stereocenters. The molecule has 0 nitrogen and oxygen atoms in total. The summed E-state index contributed by atoms with van der Waals surface area (Å²) in [5, 5.41) is 2.09. The van der Waals surface area contributed by atoms with Crippen molar-refractivity contribution in [2.75, 3.05) is 0 Å². The van der Waals surface area contributed by atoms with E-state index in [0.717, 1.165) is 3.65 Å². The zero-order chi connectivity index (χ0) is 14.8. The largest absolute Gasteiger partial charge is 0.347 e. The van der Waals surface area contributed by atoms with Crippen molar-refractivity contribution in [1.82, 2.24) is 0 Å². The van der Waals surface area contributed by atoms with Crippen LogP contribution in [0.3, 0.4) is 0 Å². The van der Waals surface area contributed by atoms with Crippen molar-refractivity contribution in [2.45, 2.75) is 0 Å². The van der Waals surface area contributed by atoms with Crippen LogP contribution >= 0.6 is 104 Å². The number of rotatable bonds is 1. The van der Waals surface area contributed by atoms with Gasteiger partial charge in [0.05, 0.1) is 11.3 Å². The molecule has 108 valence electrons. The molecular weight excluding hydrogens is 451 g/mol. The minimum Gasteiger partial charge on any atom is -0.0622 e. The molecule has 0 saturated carbocycles. The van der Waals surface area contributed by atoms with E-state index in [0.29, 0.717) is 0 Å². The summed E-state index contributed by atoms with van der Waals surface area (Å²) >= 11 is 39.1. The van der Waals surface area contributed by atoms with E-state index in [2.05, 4.69) is 17.5 Å². The minimum absolute atomic E-state index is 0.883. The molecule has 1 heterocycles. The Labute approximate surface area is 152 Å². The second-order valence-corrected chi connectivity index (χ2v) is 31.2. The molecule has 2 rings (SSSR count). The third-order valence-electron chi connectivity index (χ3n) is 1.51. The van der Waals surface area contributed by atoms with Gasteiger partial charge in [-0.2, -0.15) is 0 Å². The third kappa shape index (κ3) is 12.0. The van der Waals surface area contributed by atoms with E-state index in [1.165, 1.54) is 10.4 Å². The van der Waals surface area contributed by atoms with Gasteiger partial charge in [-0.25, -0.2) is 0 Å². The van der Waals surface area contributed by atoms with Gasteiger partial charge < -0.3 is 0 Å². The van der Waals surface area contributed by atoms with Crippen LogP contribution < -0.4 is 0 Å². The standard InChI is InChI=1S/C9H6ClS2.Cl6P/c10-9-11-6-8(12-9)7-4-2-1-3-5-7;1-7(2,3,4,5)6/h1-6H;/q+1;-1. The van der Waals surface area contributed by atoms with E-state index < -0.39 is 2.06 Å². The van der Waals surface area contributed by atoms with Crippen molar-refractivity contribution < 1.29 is 0 Å². The van der Waals surface area contributed by atoms with Crippen LogP contribution in [0.5, 0.6) is 0 Å². The Hall–Kier alpha value is 1.73. The number of hydrogen-bond donors (Lipinski definition) is 0. The second kappa shape index (κ2) is 6.08. The van der Waals surface area contributed by atoms with Crippen LogP contribution in [0.4, 0.5) is 0 Å². The van der Waals surface area contributed by atoms with Gasteiger partial charge in [0.25, 0.3) is 0 Å². The normalized spacial score (nSPS) is 14.9. The Morgan fingerprint density at radius 2 is 1.37 bits per heavy atom. The summed E-state index contributed by atoms with van der Waals surface area (Å²) in [6, 6.07) is 10.3. The van der Waals surface area contributed by atoms with E-state index in [-0.39, 0.29) is 0 Å². The van der Waals surface area contributed by atoms with Gasteiger partial charge in [0, 0.05) is 5.56 Å². The SMILES string of the molecule is Cl[P-](Cl)(Cl)(Cl)(Cl)Cl.Clc1sc(-c2ccccc2)c[s+]1. The predicted molar refractivity (Wildman–Crippen MR) is 99.1 cm³/mol. The van der Waals surface area contributed by atoms with Crippen molar-refractivity contribution in [2.24, 2.45) is 0 Å². The van der Waals surface area contributed by atoms with E-state index >= 15 is 0 Å². The molecule has 19 heavy (non-hydrogen) atoms. The van der Waals surface area contributed by atoms with Crippen LogP contribution in [0.15, 0.2) is 35.7 Å². The summed E-state index contributed by atoms with van der Waals surface area (Å²) in [5.74, 6) is 0. The van der Waals surface area contributed by atoms with Crippen LogP contribution in [0.1, 0.15) is 0 Å². The van der Waals surface area contributed by atoms with Crippen LogP contribution in [0.2, 0.25) is 3.65 Å². The van der Waals surface area contributed by atoms with Gasteiger partial charge in [-0.15, -0.1) is 0 Å². The molecule has 10 heteroatoms. The topological polar surface area (TPSA) is 0 Å². The molecule has 0 amide bonds. The van der Waals surface area contributed by atoms with Crippen LogP contribution in [0.25, 0.3) is 10.4 Å². The first-order valence-corrected chi connectivity index (χ1v) is 14.7. The fourth-order valence-electron chi connectivity index (χ4n) is 0.964. The summed E-state index contributed by atoms with van der Waals surface area (Å²) in [4.78, 5) is 1.24. The number of halogens is 7. The van der Waals surface area contributed by atoms with Crippen molar-refractivity contribution in [3.63, 3.8) is 0 Å². The molecule has 1 aromatic heterocycles. The van der Waals surface area contributed by atoms with Gasteiger partial charge in [0.2, 0.25) is 0 Å². The minimum atomic E-state index is -4.82. The molecule has 2 aromatic rings. The molecule has 0 bridgehead atoms. The van der Waals surface area contributed by atoms with Crippen LogP contribution in [-0.2, 0) is 0 Å². The van der Waals surface area contributed by atoms with E-state index in [1.54, 1.807) is 22.7 Å².